The number of likely N-dealkylation sites (tertiary alicyclic amines) is 1. The average Bonchev–Trinajstić information content (AvgIpc) is 2.55. The lowest BCUT2D eigenvalue weighted by molar-refractivity contribution is -0.210. The van der Waals surface area contributed by atoms with E-state index in [1.807, 2.05) is 11.8 Å². The van der Waals surface area contributed by atoms with E-state index in [1.165, 1.54) is 6.42 Å². The Morgan fingerprint density at radius 3 is 2.71 bits per heavy atom. The Labute approximate surface area is 127 Å². The van der Waals surface area contributed by atoms with Gasteiger partial charge in [-0.25, -0.2) is 0 Å². The number of carbonyl (C=O) groups excluding carboxylic acids is 1. The molecule has 5 heteroatoms. The number of aliphatic hydroxyl groups is 1. The molecule has 3 rings (SSSR count). The van der Waals surface area contributed by atoms with Crippen molar-refractivity contribution in [3.63, 3.8) is 0 Å². The molecule has 0 radical (unpaired) electrons. The van der Waals surface area contributed by atoms with Gasteiger partial charge in [0, 0.05) is 31.5 Å². The molecular weight excluding hydrogens is 268 g/mol. The van der Waals surface area contributed by atoms with Crippen molar-refractivity contribution < 1.29 is 14.6 Å². The summed E-state index contributed by atoms with van der Waals surface area (Å²) < 4.78 is 5.78. The number of ether oxygens (including phenoxy) is 1. The number of hydrogen-bond acceptors (Lipinski definition) is 4. The lowest BCUT2D eigenvalue weighted by Crippen LogP contribution is -2.63. The highest BCUT2D eigenvalue weighted by Gasteiger charge is 2.56. The van der Waals surface area contributed by atoms with E-state index in [2.05, 4.69) is 5.32 Å². The zero-order chi connectivity index (χ0) is 14.9. The molecule has 1 spiro atoms. The summed E-state index contributed by atoms with van der Waals surface area (Å²) in [7, 11) is 0. The number of nitrogens with one attached hydrogen (secondary N) is 1. The topological polar surface area (TPSA) is 61.8 Å². The van der Waals surface area contributed by atoms with E-state index in [1.54, 1.807) is 0 Å². The van der Waals surface area contributed by atoms with Gasteiger partial charge in [-0.15, -0.1) is 0 Å². The zero-order valence-electron chi connectivity index (χ0n) is 13.0. The van der Waals surface area contributed by atoms with E-state index in [-0.39, 0.29) is 29.6 Å². The van der Waals surface area contributed by atoms with Crippen LogP contribution in [0.5, 0.6) is 0 Å². The van der Waals surface area contributed by atoms with E-state index in [9.17, 15) is 9.90 Å². The van der Waals surface area contributed by atoms with Gasteiger partial charge >= 0.3 is 0 Å². The summed E-state index contributed by atoms with van der Waals surface area (Å²) in [6, 6.07) is 0.0156. The van der Waals surface area contributed by atoms with Gasteiger partial charge in [0.1, 0.15) is 0 Å². The third-order valence-corrected chi connectivity index (χ3v) is 5.72. The summed E-state index contributed by atoms with van der Waals surface area (Å²) in [6.07, 6.45) is 5.72. The summed E-state index contributed by atoms with van der Waals surface area (Å²) in [5, 5.41) is 13.5. The van der Waals surface area contributed by atoms with Gasteiger partial charge < -0.3 is 20.1 Å². The van der Waals surface area contributed by atoms with Crippen LogP contribution in [0, 0.1) is 5.41 Å². The highest BCUT2D eigenvalue weighted by atomic mass is 16.5. The Morgan fingerprint density at radius 2 is 2.14 bits per heavy atom. The SMILES string of the molecule is CCOC1CC(O)C12CCN(C(=O)C1CCCCN1)CC2. The lowest BCUT2D eigenvalue weighted by Gasteiger charge is -2.56. The fourth-order valence-corrected chi connectivity index (χ4v) is 4.24. The van der Waals surface area contributed by atoms with Crippen LogP contribution >= 0.6 is 0 Å². The molecule has 3 aliphatic rings. The first kappa shape index (κ1) is 15.3. The van der Waals surface area contributed by atoms with Crippen molar-refractivity contribution in [1.29, 1.82) is 0 Å². The predicted octanol–water partition coefficient (Wildman–Crippen LogP) is 0.907. The number of amides is 1. The van der Waals surface area contributed by atoms with E-state index in [4.69, 9.17) is 4.74 Å². The molecule has 5 nitrogen and oxygen atoms in total. The van der Waals surface area contributed by atoms with Gasteiger partial charge in [-0.3, -0.25) is 4.79 Å². The van der Waals surface area contributed by atoms with Crippen LogP contribution in [0.3, 0.4) is 0 Å². The van der Waals surface area contributed by atoms with Crippen molar-refractivity contribution in [3.05, 3.63) is 0 Å². The second-order valence-corrected chi connectivity index (χ2v) is 6.76. The molecular formula is C16H28N2O3. The molecule has 3 fully saturated rings. The van der Waals surface area contributed by atoms with Crippen LogP contribution in [0.2, 0.25) is 0 Å². The second kappa shape index (κ2) is 6.23. The highest BCUT2D eigenvalue weighted by molar-refractivity contribution is 5.82. The molecule has 1 amide bonds. The van der Waals surface area contributed by atoms with E-state index in [0.717, 1.165) is 51.7 Å². The first-order valence-corrected chi connectivity index (χ1v) is 8.49. The van der Waals surface area contributed by atoms with Gasteiger partial charge in [-0.05, 0) is 39.2 Å². The monoisotopic (exact) mass is 296 g/mol. The quantitative estimate of drug-likeness (QED) is 0.812. The summed E-state index contributed by atoms with van der Waals surface area (Å²) in [6.45, 7) is 5.19. The van der Waals surface area contributed by atoms with E-state index in [0.29, 0.717) is 6.61 Å². The van der Waals surface area contributed by atoms with Crippen molar-refractivity contribution in [2.24, 2.45) is 5.41 Å². The summed E-state index contributed by atoms with van der Waals surface area (Å²) in [5.74, 6) is 0.256. The van der Waals surface area contributed by atoms with Crippen LogP contribution in [0.1, 0.15) is 45.4 Å². The Morgan fingerprint density at radius 1 is 1.38 bits per heavy atom. The minimum Gasteiger partial charge on any atom is -0.392 e. The Balaban J connectivity index is 1.56. The molecule has 2 aliphatic heterocycles. The van der Waals surface area contributed by atoms with Gasteiger partial charge in [-0.2, -0.15) is 0 Å². The van der Waals surface area contributed by atoms with Gasteiger partial charge in [0.15, 0.2) is 0 Å². The molecule has 120 valence electrons. The predicted molar refractivity (Wildman–Crippen MR) is 79.9 cm³/mol. The molecule has 0 aromatic heterocycles. The lowest BCUT2D eigenvalue weighted by atomic mass is 9.58. The summed E-state index contributed by atoms with van der Waals surface area (Å²) in [5.41, 5.74) is -0.0905. The second-order valence-electron chi connectivity index (χ2n) is 6.76. The molecule has 0 aromatic carbocycles. The van der Waals surface area contributed by atoms with Crippen molar-refractivity contribution >= 4 is 5.91 Å². The number of carbonyl (C=O) groups is 1. The van der Waals surface area contributed by atoms with Crippen LogP contribution in [0.25, 0.3) is 0 Å². The third-order valence-electron chi connectivity index (χ3n) is 5.72. The molecule has 21 heavy (non-hydrogen) atoms. The molecule has 3 unspecified atom stereocenters. The van der Waals surface area contributed by atoms with Gasteiger partial charge in [-0.1, -0.05) is 6.42 Å². The average molecular weight is 296 g/mol. The minimum atomic E-state index is -0.251. The minimum absolute atomic E-state index is 0.0156. The van der Waals surface area contributed by atoms with E-state index < -0.39 is 0 Å². The number of rotatable bonds is 3. The van der Waals surface area contributed by atoms with Crippen LogP contribution < -0.4 is 5.32 Å². The van der Waals surface area contributed by atoms with Gasteiger partial charge in [0.25, 0.3) is 0 Å². The Kier molecular flexibility index (Phi) is 4.52. The smallest absolute Gasteiger partial charge is 0.239 e. The van der Waals surface area contributed by atoms with Crippen LogP contribution in [0.15, 0.2) is 0 Å². The number of aliphatic hydroxyl groups excluding tert-OH is 1. The number of piperidine rings is 2. The molecule has 1 aliphatic carbocycles. The molecule has 2 heterocycles. The highest BCUT2D eigenvalue weighted by Crippen LogP contribution is 2.51. The first-order valence-electron chi connectivity index (χ1n) is 8.49. The van der Waals surface area contributed by atoms with Crippen molar-refractivity contribution in [2.45, 2.75) is 63.7 Å². The maximum atomic E-state index is 12.5. The largest absolute Gasteiger partial charge is 0.392 e. The maximum Gasteiger partial charge on any atom is 0.239 e. The Bertz CT molecular complexity index is 372. The van der Waals surface area contributed by atoms with Crippen molar-refractivity contribution in [3.8, 4) is 0 Å². The van der Waals surface area contributed by atoms with Crippen molar-refractivity contribution in [2.75, 3.05) is 26.2 Å². The van der Waals surface area contributed by atoms with Crippen molar-refractivity contribution in [1.82, 2.24) is 10.2 Å². The van der Waals surface area contributed by atoms with Crippen LogP contribution in [-0.2, 0) is 9.53 Å². The zero-order valence-corrected chi connectivity index (χ0v) is 13.0. The fraction of sp³-hybridized carbons (Fsp3) is 0.938. The fourth-order valence-electron chi connectivity index (χ4n) is 4.24. The van der Waals surface area contributed by atoms with Crippen LogP contribution in [-0.4, -0.2) is 60.4 Å². The first-order chi connectivity index (χ1) is 10.2. The molecule has 2 N–H and O–H groups in total. The summed E-state index contributed by atoms with van der Waals surface area (Å²) >= 11 is 0. The van der Waals surface area contributed by atoms with Gasteiger partial charge in [0.2, 0.25) is 5.91 Å². The number of hydrogen-bond donors (Lipinski definition) is 2. The molecule has 2 saturated heterocycles. The normalized spacial score (nSPS) is 35.5. The molecule has 0 bridgehead atoms. The molecule has 3 atom stereocenters. The number of nitrogens with zero attached hydrogens (tertiary/aromatic N) is 1. The standard InChI is InChI=1S/C16H28N2O3/c1-2-21-14-11-13(19)16(14)6-9-18(10-7-16)15(20)12-5-3-4-8-17-12/h12-14,17,19H,2-11H2,1H3. The molecule has 1 saturated carbocycles. The molecule has 0 aromatic rings. The van der Waals surface area contributed by atoms with Gasteiger partial charge in [0.05, 0.1) is 18.2 Å². The Hall–Kier alpha value is -0.650. The van der Waals surface area contributed by atoms with E-state index >= 15 is 0 Å². The van der Waals surface area contributed by atoms with Crippen LogP contribution in [0.4, 0.5) is 0 Å². The third kappa shape index (κ3) is 2.71. The summed E-state index contributed by atoms with van der Waals surface area (Å²) in [4.78, 5) is 14.5. The maximum absolute atomic E-state index is 12.5.